The Bertz CT molecular complexity index is 557. The van der Waals surface area contributed by atoms with Gasteiger partial charge in [-0.1, -0.05) is 43.3 Å². The van der Waals surface area contributed by atoms with E-state index in [-0.39, 0.29) is 0 Å². The molecule has 2 nitrogen and oxygen atoms in total. The third-order valence-electron chi connectivity index (χ3n) is 4.35. The highest BCUT2D eigenvalue weighted by Gasteiger charge is 2.20. The quantitative estimate of drug-likeness (QED) is 0.896. The van der Waals surface area contributed by atoms with Crippen molar-refractivity contribution in [1.82, 2.24) is 0 Å². The first-order valence-corrected chi connectivity index (χ1v) is 8.01. The van der Waals surface area contributed by atoms with Crippen molar-refractivity contribution < 1.29 is 0 Å². The van der Waals surface area contributed by atoms with Crippen LogP contribution in [0.25, 0.3) is 0 Å². The van der Waals surface area contributed by atoms with Crippen LogP contribution >= 0.6 is 0 Å². The second kappa shape index (κ2) is 6.66. The van der Waals surface area contributed by atoms with E-state index in [2.05, 4.69) is 71.7 Å². The number of hydrogen-bond donors (Lipinski definition) is 1. The fraction of sp³-hybridized carbons (Fsp3) is 0.368. The molecular weight excluding hydrogens is 256 g/mol. The van der Waals surface area contributed by atoms with Crippen molar-refractivity contribution in [3.8, 4) is 0 Å². The lowest BCUT2D eigenvalue weighted by molar-refractivity contribution is 0.526. The second-order valence-electron chi connectivity index (χ2n) is 5.75. The number of para-hydroxylation sites is 2. The lowest BCUT2D eigenvalue weighted by Crippen LogP contribution is -2.39. The summed E-state index contributed by atoms with van der Waals surface area (Å²) in [5.74, 6) is 0. The van der Waals surface area contributed by atoms with Crippen molar-refractivity contribution in [2.75, 3.05) is 23.3 Å². The van der Waals surface area contributed by atoms with Gasteiger partial charge in [0.1, 0.15) is 0 Å². The average molecular weight is 280 g/mol. The van der Waals surface area contributed by atoms with Gasteiger partial charge in [-0.05, 0) is 43.0 Å². The van der Waals surface area contributed by atoms with Crippen molar-refractivity contribution in [3.63, 3.8) is 0 Å². The Kier molecular flexibility index (Phi) is 4.44. The first-order valence-electron chi connectivity index (χ1n) is 8.01. The van der Waals surface area contributed by atoms with Gasteiger partial charge in [0.05, 0.1) is 0 Å². The highest BCUT2D eigenvalue weighted by Crippen LogP contribution is 2.25. The Morgan fingerprint density at radius 3 is 2.33 bits per heavy atom. The van der Waals surface area contributed by atoms with E-state index in [4.69, 9.17) is 0 Å². The minimum Gasteiger partial charge on any atom is -0.382 e. The Balaban J connectivity index is 1.60. The molecule has 1 fully saturated rings. The minimum atomic E-state index is 0.595. The molecule has 0 aromatic heterocycles. The number of piperidine rings is 1. The molecule has 1 N–H and O–H groups in total. The van der Waals surface area contributed by atoms with Crippen molar-refractivity contribution in [2.45, 2.75) is 32.2 Å². The van der Waals surface area contributed by atoms with E-state index in [9.17, 15) is 0 Å². The molecule has 1 heterocycles. The van der Waals surface area contributed by atoms with Crippen LogP contribution in [0.3, 0.4) is 0 Å². The maximum absolute atomic E-state index is 3.65. The van der Waals surface area contributed by atoms with E-state index in [1.807, 2.05) is 0 Å². The van der Waals surface area contributed by atoms with E-state index < -0.39 is 0 Å². The summed E-state index contributed by atoms with van der Waals surface area (Å²) in [5, 5.41) is 3.65. The zero-order valence-corrected chi connectivity index (χ0v) is 12.8. The van der Waals surface area contributed by atoms with E-state index in [0.29, 0.717) is 6.04 Å². The van der Waals surface area contributed by atoms with Crippen molar-refractivity contribution >= 4 is 11.4 Å². The van der Waals surface area contributed by atoms with Crippen LogP contribution < -0.4 is 10.2 Å². The van der Waals surface area contributed by atoms with Gasteiger partial charge < -0.3 is 10.2 Å². The molecule has 0 bridgehead atoms. The second-order valence-corrected chi connectivity index (χ2v) is 5.75. The average Bonchev–Trinajstić information content (AvgIpc) is 2.56. The monoisotopic (exact) mass is 280 g/mol. The molecule has 2 aromatic rings. The van der Waals surface area contributed by atoms with Gasteiger partial charge in [-0.25, -0.2) is 0 Å². The van der Waals surface area contributed by atoms with Crippen LogP contribution in [0, 0.1) is 0 Å². The SMILES string of the molecule is CCc1ccccc1N1CCC(Nc2ccccc2)CC1. The van der Waals surface area contributed by atoms with Crippen molar-refractivity contribution in [1.29, 1.82) is 0 Å². The third kappa shape index (κ3) is 3.38. The Labute approximate surface area is 127 Å². The zero-order chi connectivity index (χ0) is 14.5. The molecule has 110 valence electrons. The molecule has 0 saturated carbocycles. The lowest BCUT2D eigenvalue weighted by atomic mass is 10.0. The number of hydrogen-bond acceptors (Lipinski definition) is 2. The predicted octanol–water partition coefficient (Wildman–Crippen LogP) is 4.33. The third-order valence-corrected chi connectivity index (χ3v) is 4.35. The Hall–Kier alpha value is -1.96. The van der Waals surface area contributed by atoms with Gasteiger partial charge in [-0.3, -0.25) is 0 Å². The molecule has 0 aliphatic carbocycles. The van der Waals surface area contributed by atoms with Crippen LogP contribution in [-0.2, 0) is 6.42 Å². The van der Waals surface area contributed by atoms with E-state index in [0.717, 1.165) is 19.5 Å². The first kappa shape index (κ1) is 14.0. The van der Waals surface area contributed by atoms with E-state index >= 15 is 0 Å². The topological polar surface area (TPSA) is 15.3 Å². The Morgan fingerprint density at radius 1 is 0.952 bits per heavy atom. The smallest absolute Gasteiger partial charge is 0.0398 e. The van der Waals surface area contributed by atoms with Crippen LogP contribution in [0.1, 0.15) is 25.3 Å². The Morgan fingerprint density at radius 2 is 1.62 bits per heavy atom. The highest BCUT2D eigenvalue weighted by molar-refractivity contribution is 5.54. The van der Waals surface area contributed by atoms with Gasteiger partial charge >= 0.3 is 0 Å². The molecule has 0 atom stereocenters. The lowest BCUT2D eigenvalue weighted by Gasteiger charge is -2.35. The molecule has 0 unspecified atom stereocenters. The zero-order valence-electron chi connectivity index (χ0n) is 12.8. The molecule has 0 amide bonds. The largest absolute Gasteiger partial charge is 0.382 e. The highest BCUT2D eigenvalue weighted by atomic mass is 15.1. The molecule has 0 radical (unpaired) electrons. The molecule has 3 rings (SSSR count). The van der Waals surface area contributed by atoms with Crippen LogP contribution in [-0.4, -0.2) is 19.1 Å². The first-order chi connectivity index (χ1) is 10.4. The fourth-order valence-corrected chi connectivity index (χ4v) is 3.15. The summed E-state index contributed by atoms with van der Waals surface area (Å²) in [6, 6.07) is 20.0. The summed E-state index contributed by atoms with van der Waals surface area (Å²) in [6.07, 6.45) is 3.51. The summed E-state index contributed by atoms with van der Waals surface area (Å²) in [6.45, 7) is 4.52. The van der Waals surface area contributed by atoms with Crippen LogP contribution in [0.5, 0.6) is 0 Å². The normalized spacial score (nSPS) is 16.0. The molecule has 21 heavy (non-hydrogen) atoms. The van der Waals surface area contributed by atoms with Gasteiger partial charge in [0.2, 0.25) is 0 Å². The number of anilines is 2. The molecule has 0 spiro atoms. The number of nitrogens with one attached hydrogen (secondary N) is 1. The molecule has 2 heteroatoms. The van der Waals surface area contributed by atoms with E-state index in [1.54, 1.807) is 0 Å². The van der Waals surface area contributed by atoms with Crippen LogP contribution in [0.15, 0.2) is 54.6 Å². The van der Waals surface area contributed by atoms with Gasteiger partial charge in [-0.2, -0.15) is 0 Å². The standard InChI is InChI=1S/C19H24N2/c1-2-16-8-6-7-11-19(16)21-14-12-18(13-15-21)20-17-9-4-3-5-10-17/h3-11,18,20H,2,12-15H2,1H3. The van der Waals surface area contributed by atoms with Gasteiger partial charge in [0, 0.05) is 30.5 Å². The summed E-state index contributed by atoms with van der Waals surface area (Å²) < 4.78 is 0. The number of nitrogens with zero attached hydrogens (tertiary/aromatic N) is 1. The molecule has 1 saturated heterocycles. The predicted molar refractivity (Wildman–Crippen MR) is 91.1 cm³/mol. The maximum Gasteiger partial charge on any atom is 0.0398 e. The summed E-state index contributed by atoms with van der Waals surface area (Å²) in [5.41, 5.74) is 4.13. The van der Waals surface area contributed by atoms with Crippen LogP contribution in [0.2, 0.25) is 0 Å². The molecule has 2 aromatic carbocycles. The summed E-state index contributed by atoms with van der Waals surface area (Å²) in [7, 11) is 0. The van der Waals surface area contributed by atoms with Crippen LogP contribution in [0.4, 0.5) is 11.4 Å². The summed E-state index contributed by atoms with van der Waals surface area (Å²) >= 11 is 0. The number of aryl methyl sites for hydroxylation is 1. The van der Waals surface area contributed by atoms with Gasteiger partial charge in [0.15, 0.2) is 0 Å². The van der Waals surface area contributed by atoms with Gasteiger partial charge in [0.25, 0.3) is 0 Å². The van der Waals surface area contributed by atoms with E-state index in [1.165, 1.54) is 29.8 Å². The maximum atomic E-state index is 3.65. The molecular formula is C19H24N2. The van der Waals surface area contributed by atoms with Gasteiger partial charge in [-0.15, -0.1) is 0 Å². The minimum absolute atomic E-state index is 0.595. The fourth-order valence-electron chi connectivity index (χ4n) is 3.15. The van der Waals surface area contributed by atoms with Crippen molar-refractivity contribution in [3.05, 3.63) is 60.2 Å². The number of rotatable bonds is 4. The molecule has 1 aliphatic heterocycles. The van der Waals surface area contributed by atoms with Crippen molar-refractivity contribution in [2.24, 2.45) is 0 Å². The summed E-state index contributed by atoms with van der Waals surface area (Å²) in [4.78, 5) is 2.54. The molecule has 1 aliphatic rings. The number of benzene rings is 2.